The molecule has 0 saturated heterocycles. The number of fused-ring (bicyclic) bond motifs is 10. The average Bonchev–Trinajstić information content (AvgIpc) is 3.80. The van der Waals surface area contributed by atoms with Gasteiger partial charge in [-0.05, 0) is 68.4 Å². The molecular formula is C54H34B2N2. The number of hydrogen-bond donors (Lipinski definition) is 0. The minimum atomic E-state index is 0.0907. The Morgan fingerprint density at radius 1 is 0.276 bits per heavy atom. The molecule has 0 N–H and O–H groups in total. The van der Waals surface area contributed by atoms with Gasteiger partial charge in [-0.25, -0.2) is 0 Å². The maximum Gasteiger partial charge on any atom is 0.247 e. The van der Waals surface area contributed by atoms with Crippen LogP contribution in [0.4, 0.5) is 0 Å². The predicted molar refractivity (Wildman–Crippen MR) is 248 cm³/mol. The Kier molecular flexibility index (Phi) is 6.65. The molecule has 0 aliphatic carbocycles. The van der Waals surface area contributed by atoms with Crippen LogP contribution in [0.1, 0.15) is 0 Å². The van der Waals surface area contributed by atoms with Crippen molar-refractivity contribution in [3.63, 3.8) is 0 Å². The summed E-state index contributed by atoms with van der Waals surface area (Å²) in [7, 11) is 0. The first kappa shape index (κ1) is 31.9. The maximum absolute atomic E-state index is 2.57. The van der Waals surface area contributed by atoms with Gasteiger partial charge >= 0.3 is 0 Å². The van der Waals surface area contributed by atoms with E-state index in [0.717, 1.165) is 0 Å². The first-order chi connectivity index (χ1) is 28.8. The SMILES string of the molecule is c1ccc(-c2ccccc2B2c3ccccc3-n3c4cc5c6cccc7c6n(c5cc4c4cccc2c43)-c2ccccc2B7c2ccccc2-c2ccccc2)cc1. The van der Waals surface area contributed by atoms with Gasteiger partial charge in [0, 0.05) is 44.0 Å². The molecular weight excluding hydrogens is 698 g/mol. The molecule has 2 aromatic heterocycles. The largest absolute Gasteiger partial charge is 0.310 e. The fourth-order valence-electron chi connectivity index (χ4n) is 10.8. The van der Waals surface area contributed by atoms with Gasteiger partial charge in [0.15, 0.2) is 0 Å². The monoisotopic (exact) mass is 732 g/mol. The minimum absolute atomic E-state index is 0.0907. The van der Waals surface area contributed by atoms with Crippen molar-refractivity contribution in [3.05, 3.63) is 206 Å². The van der Waals surface area contributed by atoms with Crippen LogP contribution >= 0.6 is 0 Å². The second kappa shape index (κ2) is 12.1. The number of para-hydroxylation sites is 4. The van der Waals surface area contributed by atoms with Crippen LogP contribution in [0.15, 0.2) is 206 Å². The second-order valence-corrected chi connectivity index (χ2v) is 15.9. The molecule has 0 spiro atoms. The lowest BCUT2D eigenvalue weighted by atomic mass is 9.34. The Labute approximate surface area is 337 Å². The van der Waals surface area contributed by atoms with E-state index in [4.69, 9.17) is 0 Å². The first-order valence-electron chi connectivity index (χ1n) is 20.3. The molecule has 4 heterocycles. The quantitative estimate of drug-likeness (QED) is 0.160. The summed E-state index contributed by atoms with van der Waals surface area (Å²) < 4.78 is 5.13. The van der Waals surface area contributed by atoms with Crippen LogP contribution in [0.2, 0.25) is 0 Å². The van der Waals surface area contributed by atoms with Crippen molar-refractivity contribution in [2.24, 2.45) is 0 Å². The summed E-state index contributed by atoms with van der Waals surface area (Å²) in [5, 5.41) is 5.16. The predicted octanol–water partition coefficient (Wildman–Crippen LogP) is 8.87. The van der Waals surface area contributed by atoms with Gasteiger partial charge < -0.3 is 9.13 Å². The highest BCUT2D eigenvalue weighted by atomic mass is 15.0. The normalized spacial score (nSPS) is 12.8. The standard InChI is InChI=1S/C54H34B2N2/c1-3-17-35(18-4-1)37-21-7-9-25-43(37)55-45-27-11-13-31-49(45)57-51-34-42-40-24-16-30-48-54(40)58(52(42)33-41(51)39-23-15-29-47(55)53(39)57)50-32-14-12-28-46(50)56(48)44-26-10-8-22-38(44)36-19-5-2-6-20-36/h1-34H. The van der Waals surface area contributed by atoms with Crippen LogP contribution in [0, 0.1) is 0 Å². The van der Waals surface area contributed by atoms with Crippen LogP contribution in [-0.4, -0.2) is 22.6 Å². The van der Waals surface area contributed by atoms with E-state index in [2.05, 4.69) is 215 Å². The van der Waals surface area contributed by atoms with Gasteiger partial charge in [-0.3, -0.25) is 0 Å². The number of aromatic nitrogens is 2. The van der Waals surface area contributed by atoms with Crippen molar-refractivity contribution in [2.75, 3.05) is 0 Å². The zero-order chi connectivity index (χ0) is 37.9. The maximum atomic E-state index is 2.57. The Bertz CT molecular complexity index is 3240. The van der Waals surface area contributed by atoms with Gasteiger partial charge in [-0.15, -0.1) is 0 Å². The summed E-state index contributed by atoms with van der Waals surface area (Å²) in [5.41, 5.74) is 20.7. The molecule has 0 unspecified atom stereocenters. The fourth-order valence-corrected chi connectivity index (χ4v) is 10.8. The van der Waals surface area contributed by atoms with Crippen LogP contribution in [-0.2, 0) is 0 Å². The Morgan fingerprint density at radius 2 is 0.638 bits per heavy atom. The third-order valence-electron chi connectivity index (χ3n) is 13.1. The molecule has 2 nitrogen and oxygen atoms in total. The van der Waals surface area contributed by atoms with E-state index in [1.54, 1.807) is 0 Å². The third-order valence-corrected chi connectivity index (χ3v) is 13.1. The van der Waals surface area contributed by atoms with Gasteiger partial charge in [-0.1, -0.05) is 193 Å². The van der Waals surface area contributed by atoms with Gasteiger partial charge in [0.2, 0.25) is 13.4 Å². The van der Waals surface area contributed by atoms with Crippen molar-refractivity contribution in [1.82, 2.24) is 9.13 Å². The molecule has 0 fully saturated rings. The third kappa shape index (κ3) is 4.29. The lowest BCUT2D eigenvalue weighted by Gasteiger charge is -2.28. The zero-order valence-corrected chi connectivity index (χ0v) is 31.7. The van der Waals surface area contributed by atoms with Crippen molar-refractivity contribution >= 4 is 89.8 Å². The summed E-state index contributed by atoms with van der Waals surface area (Å²) >= 11 is 0. The average molecular weight is 733 g/mol. The van der Waals surface area contributed by atoms with E-state index in [9.17, 15) is 0 Å². The fraction of sp³-hybridized carbons (Fsp3) is 0. The molecule has 11 aromatic rings. The molecule has 13 rings (SSSR count). The lowest BCUT2D eigenvalue weighted by molar-refractivity contribution is 1.18. The second-order valence-electron chi connectivity index (χ2n) is 15.9. The van der Waals surface area contributed by atoms with E-state index < -0.39 is 0 Å². The summed E-state index contributed by atoms with van der Waals surface area (Å²) in [6.45, 7) is 0.181. The molecule has 266 valence electrons. The topological polar surface area (TPSA) is 9.86 Å². The van der Waals surface area contributed by atoms with Crippen LogP contribution < -0.4 is 32.8 Å². The van der Waals surface area contributed by atoms with Crippen molar-refractivity contribution in [2.45, 2.75) is 0 Å². The molecule has 0 radical (unpaired) electrons. The highest BCUT2D eigenvalue weighted by molar-refractivity contribution is 6.99. The minimum Gasteiger partial charge on any atom is -0.310 e. The molecule has 0 atom stereocenters. The van der Waals surface area contributed by atoms with Crippen LogP contribution in [0.3, 0.4) is 0 Å². The van der Waals surface area contributed by atoms with Crippen LogP contribution in [0.25, 0.3) is 77.2 Å². The molecule has 2 aliphatic rings. The highest BCUT2D eigenvalue weighted by Gasteiger charge is 2.37. The number of hydrogen-bond acceptors (Lipinski definition) is 0. The molecule has 58 heavy (non-hydrogen) atoms. The van der Waals surface area contributed by atoms with E-state index in [0.29, 0.717) is 0 Å². The van der Waals surface area contributed by atoms with Crippen LogP contribution in [0.5, 0.6) is 0 Å². The number of nitrogens with zero attached hydrogens (tertiary/aromatic N) is 2. The summed E-state index contributed by atoms with van der Waals surface area (Å²) in [4.78, 5) is 0. The molecule has 2 aliphatic heterocycles. The molecule has 9 aromatic carbocycles. The van der Waals surface area contributed by atoms with Gasteiger partial charge in [0.05, 0.1) is 11.0 Å². The van der Waals surface area contributed by atoms with Crippen molar-refractivity contribution in [3.8, 4) is 33.6 Å². The number of benzene rings is 9. The summed E-state index contributed by atoms with van der Waals surface area (Å²) in [6.07, 6.45) is 0. The molecule has 0 saturated carbocycles. The molecule has 0 bridgehead atoms. The summed E-state index contributed by atoms with van der Waals surface area (Å²) in [5.74, 6) is 0. The van der Waals surface area contributed by atoms with Gasteiger partial charge in [0.1, 0.15) is 0 Å². The molecule has 0 amide bonds. The summed E-state index contributed by atoms with van der Waals surface area (Å²) in [6, 6.07) is 76.8. The van der Waals surface area contributed by atoms with Crippen molar-refractivity contribution < 1.29 is 0 Å². The van der Waals surface area contributed by atoms with Crippen molar-refractivity contribution in [1.29, 1.82) is 0 Å². The van der Waals surface area contributed by atoms with E-state index >= 15 is 0 Å². The Hall–Kier alpha value is -7.29. The number of rotatable bonds is 4. The van der Waals surface area contributed by atoms with E-state index in [1.807, 2.05) is 0 Å². The Morgan fingerprint density at radius 3 is 1.09 bits per heavy atom. The molecule has 4 heteroatoms. The smallest absolute Gasteiger partial charge is 0.247 e. The highest BCUT2D eigenvalue weighted by Crippen LogP contribution is 2.40. The van der Waals surface area contributed by atoms with Gasteiger partial charge in [-0.2, -0.15) is 0 Å². The van der Waals surface area contributed by atoms with E-state index in [1.165, 1.54) is 110 Å². The van der Waals surface area contributed by atoms with Gasteiger partial charge in [0.25, 0.3) is 0 Å². The zero-order valence-electron chi connectivity index (χ0n) is 31.7. The lowest BCUT2D eigenvalue weighted by Crippen LogP contribution is -2.56. The van der Waals surface area contributed by atoms with E-state index in [-0.39, 0.29) is 13.4 Å². The first-order valence-corrected chi connectivity index (χ1v) is 20.3. The Balaban J connectivity index is 1.10.